The number of aliphatic hydroxyl groups is 1. The van der Waals surface area contributed by atoms with Gasteiger partial charge in [-0.05, 0) is 18.4 Å². The van der Waals surface area contributed by atoms with E-state index in [4.69, 9.17) is 11.6 Å². The molecule has 1 atom stereocenters. The van der Waals surface area contributed by atoms with Gasteiger partial charge in [0, 0.05) is 5.56 Å². The zero-order valence-electron chi connectivity index (χ0n) is 12.1. The molecule has 0 aliphatic heterocycles. The molecule has 2 N–H and O–H groups in total. The predicted molar refractivity (Wildman–Crippen MR) is 85.7 cm³/mol. The largest absolute Gasteiger partial charge is 0.394 e. The summed E-state index contributed by atoms with van der Waals surface area (Å²) in [5.74, 6) is 0.715. The number of aromatic nitrogens is 2. The van der Waals surface area contributed by atoms with E-state index in [1.807, 2.05) is 30.3 Å². The molecule has 0 saturated carbocycles. The lowest BCUT2D eigenvalue weighted by molar-refractivity contribution is 0.273. The van der Waals surface area contributed by atoms with E-state index in [1.54, 1.807) is 0 Å². The molecule has 0 radical (unpaired) electrons. The summed E-state index contributed by atoms with van der Waals surface area (Å²) in [5.41, 5.74) is 2.08. The zero-order chi connectivity index (χ0) is 15.1. The van der Waals surface area contributed by atoms with Crippen LogP contribution in [0.1, 0.15) is 24.5 Å². The maximum Gasteiger partial charge on any atom is 0.137 e. The van der Waals surface area contributed by atoms with E-state index in [1.165, 1.54) is 11.9 Å². The molecule has 0 amide bonds. The first-order valence-corrected chi connectivity index (χ1v) is 7.53. The summed E-state index contributed by atoms with van der Waals surface area (Å²) in [6, 6.07) is 9.96. The number of benzene rings is 1. The minimum atomic E-state index is -0.103. The maximum atomic E-state index is 9.60. The first-order chi connectivity index (χ1) is 10.2. The van der Waals surface area contributed by atoms with Crippen LogP contribution in [-0.4, -0.2) is 27.7 Å². The van der Waals surface area contributed by atoms with Gasteiger partial charge in [-0.2, -0.15) is 0 Å². The summed E-state index contributed by atoms with van der Waals surface area (Å²) in [6.07, 6.45) is 3.95. The molecular formula is C16H20ClN3O. The minimum absolute atomic E-state index is 0.0298. The van der Waals surface area contributed by atoms with Gasteiger partial charge in [0.25, 0.3) is 0 Å². The van der Waals surface area contributed by atoms with Gasteiger partial charge in [0.15, 0.2) is 0 Å². The highest BCUT2D eigenvalue weighted by Crippen LogP contribution is 2.22. The van der Waals surface area contributed by atoms with Crippen LogP contribution in [0.4, 0.5) is 5.82 Å². The zero-order valence-corrected chi connectivity index (χ0v) is 12.8. The molecule has 1 aromatic heterocycles. The third-order valence-electron chi connectivity index (χ3n) is 3.28. The lowest BCUT2D eigenvalue weighted by Gasteiger charge is -2.19. The van der Waals surface area contributed by atoms with E-state index in [0.717, 1.165) is 24.8 Å². The Hall–Kier alpha value is -1.65. The van der Waals surface area contributed by atoms with E-state index in [-0.39, 0.29) is 12.6 Å². The fourth-order valence-corrected chi connectivity index (χ4v) is 2.47. The molecule has 2 aromatic rings. The van der Waals surface area contributed by atoms with Crippen LogP contribution in [0.25, 0.3) is 0 Å². The van der Waals surface area contributed by atoms with Crippen LogP contribution >= 0.6 is 11.6 Å². The van der Waals surface area contributed by atoms with E-state index in [0.29, 0.717) is 11.0 Å². The van der Waals surface area contributed by atoms with Crippen LogP contribution in [0.3, 0.4) is 0 Å². The highest BCUT2D eigenvalue weighted by Gasteiger charge is 2.14. The highest BCUT2D eigenvalue weighted by atomic mass is 35.5. The van der Waals surface area contributed by atoms with Gasteiger partial charge in [0.2, 0.25) is 0 Å². The number of hydrogen-bond donors (Lipinski definition) is 2. The van der Waals surface area contributed by atoms with Gasteiger partial charge in [-0.1, -0.05) is 55.3 Å². The fourth-order valence-electron chi connectivity index (χ4n) is 2.24. The molecule has 0 fully saturated rings. The molecule has 1 unspecified atom stereocenters. The SMILES string of the molecule is CCCc1c(Cl)ncnc1NC(CO)Cc1ccccc1. The van der Waals surface area contributed by atoms with Crippen LogP contribution in [0.2, 0.25) is 5.15 Å². The molecule has 2 rings (SSSR count). The van der Waals surface area contributed by atoms with Crippen LogP contribution in [-0.2, 0) is 12.8 Å². The number of hydrogen-bond acceptors (Lipinski definition) is 4. The van der Waals surface area contributed by atoms with Gasteiger partial charge >= 0.3 is 0 Å². The normalized spacial score (nSPS) is 12.1. The van der Waals surface area contributed by atoms with Crippen molar-refractivity contribution in [3.63, 3.8) is 0 Å². The average molecular weight is 306 g/mol. The van der Waals surface area contributed by atoms with Crippen molar-refractivity contribution in [2.24, 2.45) is 0 Å². The molecule has 5 heteroatoms. The summed E-state index contributed by atoms with van der Waals surface area (Å²) in [6.45, 7) is 2.11. The van der Waals surface area contributed by atoms with Crippen molar-refractivity contribution >= 4 is 17.4 Å². The van der Waals surface area contributed by atoms with E-state index >= 15 is 0 Å². The second-order valence-electron chi connectivity index (χ2n) is 4.96. The van der Waals surface area contributed by atoms with Crippen LogP contribution < -0.4 is 5.32 Å². The Morgan fingerprint density at radius 2 is 2.00 bits per heavy atom. The molecule has 4 nitrogen and oxygen atoms in total. The molecule has 0 aliphatic rings. The average Bonchev–Trinajstić information content (AvgIpc) is 2.51. The standard InChI is InChI=1S/C16H20ClN3O/c1-2-6-14-15(17)18-11-19-16(14)20-13(10-21)9-12-7-4-3-5-8-12/h3-5,7-8,11,13,21H,2,6,9-10H2,1H3,(H,18,19,20). The quantitative estimate of drug-likeness (QED) is 0.772. The Bertz CT molecular complexity index is 563. The van der Waals surface area contributed by atoms with Crippen molar-refractivity contribution in [3.8, 4) is 0 Å². The lowest BCUT2D eigenvalue weighted by Crippen LogP contribution is -2.27. The van der Waals surface area contributed by atoms with Crippen molar-refractivity contribution in [1.82, 2.24) is 9.97 Å². The van der Waals surface area contributed by atoms with Gasteiger partial charge in [-0.3, -0.25) is 0 Å². The molecule has 1 aromatic carbocycles. The maximum absolute atomic E-state index is 9.60. The molecule has 21 heavy (non-hydrogen) atoms. The number of anilines is 1. The number of halogens is 1. The monoisotopic (exact) mass is 305 g/mol. The Morgan fingerprint density at radius 3 is 2.67 bits per heavy atom. The van der Waals surface area contributed by atoms with Crippen molar-refractivity contribution in [1.29, 1.82) is 0 Å². The van der Waals surface area contributed by atoms with Crippen molar-refractivity contribution < 1.29 is 5.11 Å². The van der Waals surface area contributed by atoms with Crippen LogP contribution in [0.5, 0.6) is 0 Å². The second-order valence-corrected chi connectivity index (χ2v) is 5.31. The Morgan fingerprint density at radius 1 is 1.24 bits per heavy atom. The lowest BCUT2D eigenvalue weighted by atomic mass is 10.1. The van der Waals surface area contributed by atoms with Crippen LogP contribution in [0, 0.1) is 0 Å². The smallest absolute Gasteiger partial charge is 0.137 e. The molecule has 0 saturated heterocycles. The van der Waals surface area contributed by atoms with Gasteiger partial charge in [0.1, 0.15) is 17.3 Å². The number of rotatable bonds is 7. The van der Waals surface area contributed by atoms with Gasteiger partial charge in [-0.15, -0.1) is 0 Å². The molecule has 0 bridgehead atoms. The van der Waals surface area contributed by atoms with Crippen LogP contribution in [0.15, 0.2) is 36.7 Å². The minimum Gasteiger partial charge on any atom is -0.394 e. The van der Waals surface area contributed by atoms with Gasteiger partial charge in [-0.25, -0.2) is 9.97 Å². The summed E-state index contributed by atoms with van der Waals surface area (Å²) in [7, 11) is 0. The van der Waals surface area contributed by atoms with E-state index < -0.39 is 0 Å². The summed E-state index contributed by atoms with van der Waals surface area (Å²) in [5, 5.41) is 13.4. The first kappa shape index (κ1) is 15.7. The topological polar surface area (TPSA) is 58.0 Å². The fraction of sp³-hybridized carbons (Fsp3) is 0.375. The Kier molecular flexibility index (Phi) is 5.96. The van der Waals surface area contributed by atoms with Crippen molar-refractivity contribution in [2.75, 3.05) is 11.9 Å². The predicted octanol–water partition coefficient (Wildman–Crippen LogP) is 3.10. The number of aliphatic hydroxyl groups excluding tert-OH is 1. The van der Waals surface area contributed by atoms with Gasteiger partial charge in [0.05, 0.1) is 12.6 Å². The second kappa shape index (κ2) is 7.96. The summed E-state index contributed by atoms with van der Waals surface area (Å²) < 4.78 is 0. The summed E-state index contributed by atoms with van der Waals surface area (Å²) in [4.78, 5) is 8.30. The molecule has 0 spiro atoms. The third-order valence-corrected chi connectivity index (χ3v) is 3.60. The molecule has 0 aliphatic carbocycles. The van der Waals surface area contributed by atoms with Gasteiger partial charge < -0.3 is 10.4 Å². The number of nitrogens with zero attached hydrogens (tertiary/aromatic N) is 2. The Balaban J connectivity index is 2.13. The van der Waals surface area contributed by atoms with E-state index in [9.17, 15) is 5.11 Å². The third kappa shape index (κ3) is 4.41. The van der Waals surface area contributed by atoms with E-state index in [2.05, 4.69) is 22.2 Å². The summed E-state index contributed by atoms with van der Waals surface area (Å²) >= 11 is 6.14. The highest BCUT2D eigenvalue weighted by molar-refractivity contribution is 6.30. The molecule has 1 heterocycles. The Labute approximate surface area is 130 Å². The first-order valence-electron chi connectivity index (χ1n) is 7.15. The molecule has 112 valence electrons. The van der Waals surface area contributed by atoms with Crippen molar-refractivity contribution in [2.45, 2.75) is 32.2 Å². The van der Waals surface area contributed by atoms with Crippen molar-refractivity contribution in [3.05, 3.63) is 52.9 Å². The number of nitrogens with one attached hydrogen (secondary N) is 1. The molecular weight excluding hydrogens is 286 g/mol.